The normalized spacial score (nSPS) is 55.9. The molecule has 0 aromatic carbocycles. The van der Waals surface area contributed by atoms with E-state index in [0.29, 0.717) is 12.0 Å². The van der Waals surface area contributed by atoms with Gasteiger partial charge in [0.1, 0.15) is 0 Å². The van der Waals surface area contributed by atoms with Crippen LogP contribution in [0.15, 0.2) is 0 Å². The molecule has 0 saturated heterocycles. The Morgan fingerprint density at radius 1 is 0.944 bits per heavy atom. The summed E-state index contributed by atoms with van der Waals surface area (Å²) in [4.78, 5) is 11.9. The van der Waals surface area contributed by atoms with Crippen LogP contribution in [0.3, 0.4) is 0 Å². The molecule has 0 aliphatic heterocycles. The summed E-state index contributed by atoms with van der Waals surface area (Å²) in [5, 5.41) is 0. The van der Waals surface area contributed by atoms with E-state index in [-0.39, 0.29) is 11.9 Å². The van der Waals surface area contributed by atoms with Crippen molar-refractivity contribution in [3.63, 3.8) is 0 Å². The summed E-state index contributed by atoms with van der Waals surface area (Å²) >= 11 is 0. The highest BCUT2D eigenvalue weighted by Crippen LogP contribution is 2.69. The minimum Gasteiger partial charge on any atom is -0.469 e. The minimum atomic E-state index is 0.0482. The number of fused-ring (bicyclic) bond motifs is 9. The van der Waals surface area contributed by atoms with Gasteiger partial charge in [0.25, 0.3) is 0 Å². The van der Waals surface area contributed by atoms with Gasteiger partial charge in [-0.25, -0.2) is 0 Å². The predicted octanol–water partition coefficient (Wildman–Crippen LogP) is 2.10. The van der Waals surface area contributed by atoms with Gasteiger partial charge in [-0.1, -0.05) is 0 Å². The Hall–Kier alpha value is -0.570. The average Bonchev–Trinajstić information content (AvgIpc) is 3.12. The molecule has 4 aliphatic carbocycles. The molecule has 100 valence electrons. The zero-order valence-corrected chi connectivity index (χ0v) is 11.2. The molecule has 4 aliphatic rings. The molecule has 18 heavy (non-hydrogen) atoms. The van der Waals surface area contributed by atoms with Gasteiger partial charge in [-0.15, -0.1) is 0 Å². The number of methoxy groups -OCH3 is 2. The molecule has 4 fully saturated rings. The Labute approximate surface area is 108 Å². The molecule has 8 atom stereocenters. The summed E-state index contributed by atoms with van der Waals surface area (Å²) in [6.07, 6.45) is 5.46. The summed E-state index contributed by atoms with van der Waals surface area (Å²) in [6.45, 7) is 0. The molecule has 4 saturated carbocycles. The first-order chi connectivity index (χ1) is 8.74. The quantitative estimate of drug-likeness (QED) is 0.556. The Morgan fingerprint density at radius 2 is 1.61 bits per heavy atom. The molecule has 0 N–H and O–H groups in total. The van der Waals surface area contributed by atoms with E-state index in [1.54, 1.807) is 0 Å². The van der Waals surface area contributed by atoms with Crippen LogP contribution >= 0.6 is 0 Å². The van der Waals surface area contributed by atoms with Crippen molar-refractivity contribution in [2.45, 2.75) is 31.8 Å². The molecule has 8 unspecified atom stereocenters. The number of esters is 1. The first kappa shape index (κ1) is 11.3. The lowest BCUT2D eigenvalue weighted by atomic mass is 9.67. The summed E-state index contributed by atoms with van der Waals surface area (Å²) in [5.41, 5.74) is 0. The predicted molar refractivity (Wildman–Crippen MR) is 65.7 cm³/mol. The molecule has 3 heteroatoms. The van der Waals surface area contributed by atoms with Crippen LogP contribution < -0.4 is 0 Å². The Morgan fingerprint density at radius 3 is 2.33 bits per heavy atom. The molecule has 0 amide bonds. The number of ether oxygens (including phenoxy) is 2. The SMILES string of the molecule is COC(=O)C1CC2CC1C1C3CC(OC)C(C3)C21. The summed E-state index contributed by atoms with van der Waals surface area (Å²) in [6, 6.07) is 0. The lowest BCUT2D eigenvalue weighted by Crippen LogP contribution is -2.40. The Balaban J connectivity index is 1.59. The van der Waals surface area contributed by atoms with Gasteiger partial charge in [0.15, 0.2) is 0 Å². The van der Waals surface area contributed by atoms with Crippen molar-refractivity contribution in [1.29, 1.82) is 0 Å². The summed E-state index contributed by atoms with van der Waals surface area (Å²) in [5.74, 6) is 4.95. The Bertz CT molecular complexity index is 380. The van der Waals surface area contributed by atoms with Gasteiger partial charge in [-0.2, -0.15) is 0 Å². The van der Waals surface area contributed by atoms with Gasteiger partial charge in [-0.3, -0.25) is 4.79 Å². The van der Waals surface area contributed by atoms with Crippen molar-refractivity contribution in [2.75, 3.05) is 14.2 Å². The van der Waals surface area contributed by atoms with Crippen molar-refractivity contribution in [3.05, 3.63) is 0 Å². The van der Waals surface area contributed by atoms with Gasteiger partial charge >= 0.3 is 5.97 Å². The van der Waals surface area contributed by atoms with Gasteiger partial charge in [0.2, 0.25) is 0 Å². The minimum absolute atomic E-state index is 0.0482. The number of carbonyl (C=O) groups excluding carboxylic acids is 1. The molecule has 0 radical (unpaired) electrons. The average molecular weight is 250 g/mol. The maximum Gasteiger partial charge on any atom is 0.308 e. The highest BCUT2D eigenvalue weighted by molar-refractivity contribution is 5.73. The second-order valence-electron chi connectivity index (χ2n) is 6.85. The van der Waals surface area contributed by atoms with E-state index in [1.807, 2.05) is 7.11 Å². The monoisotopic (exact) mass is 250 g/mol. The molecular formula is C15H22O3. The molecule has 3 nitrogen and oxygen atoms in total. The van der Waals surface area contributed by atoms with Crippen LogP contribution in [0, 0.1) is 41.4 Å². The van der Waals surface area contributed by atoms with E-state index >= 15 is 0 Å². The molecule has 4 bridgehead atoms. The second-order valence-corrected chi connectivity index (χ2v) is 6.85. The van der Waals surface area contributed by atoms with Gasteiger partial charge in [0, 0.05) is 7.11 Å². The zero-order chi connectivity index (χ0) is 12.4. The van der Waals surface area contributed by atoms with Crippen molar-refractivity contribution in [3.8, 4) is 0 Å². The lowest BCUT2D eigenvalue weighted by Gasteiger charge is -2.40. The molecule has 0 spiro atoms. The smallest absolute Gasteiger partial charge is 0.308 e. The summed E-state index contributed by atoms with van der Waals surface area (Å²) in [7, 11) is 3.40. The number of hydrogen-bond donors (Lipinski definition) is 0. The van der Waals surface area contributed by atoms with Crippen LogP contribution in [0.2, 0.25) is 0 Å². The van der Waals surface area contributed by atoms with Gasteiger partial charge in [0.05, 0.1) is 19.1 Å². The van der Waals surface area contributed by atoms with Crippen LogP contribution in [0.1, 0.15) is 25.7 Å². The summed E-state index contributed by atoms with van der Waals surface area (Å²) < 4.78 is 10.7. The molecule has 4 rings (SSSR count). The van der Waals surface area contributed by atoms with E-state index in [9.17, 15) is 4.79 Å². The number of carbonyl (C=O) groups is 1. The van der Waals surface area contributed by atoms with Crippen LogP contribution in [-0.2, 0) is 14.3 Å². The van der Waals surface area contributed by atoms with E-state index in [0.717, 1.165) is 36.0 Å². The molecular weight excluding hydrogens is 228 g/mol. The maximum absolute atomic E-state index is 11.9. The van der Waals surface area contributed by atoms with E-state index in [1.165, 1.54) is 26.4 Å². The third kappa shape index (κ3) is 1.21. The van der Waals surface area contributed by atoms with Crippen molar-refractivity contribution in [1.82, 2.24) is 0 Å². The highest BCUT2D eigenvalue weighted by atomic mass is 16.5. The topological polar surface area (TPSA) is 35.5 Å². The molecule has 0 heterocycles. The van der Waals surface area contributed by atoms with E-state index < -0.39 is 0 Å². The Kier molecular flexibility index (Phi) is 2.33. The second kappa shape index (κ2) is 3.72. The zero-order valence-electron chi connectivity index (χ0n) is 11.2. The highest BCUT2D eigenvalue weighted by Gasteiger charge is 2.65. The van der Waals surface area contributed by atoms with Crippen LogP contribution in [0.5, 0.6) is 0 Å². The molecule has 0 aromatic heterocycles. The van der Waals surface area contributed by atoms with Crippen molar-refractivity contribution >= 4 is 5.97 Å². The van der Waals surface area contributed by atoms with Crippen molar-refractivity contribution < 1.29 is 14.3 Å². The van der Waals surface area contributed by atoms with Crippen LogP contribution in [0.4, 0.5) is 0 Å². The lowest BCUT2D eigenvalue weighted by molar-refractivity contribution is -0.149. The fraction of sp³-hybridized carbons (Fsp3) is 0.933. The maximum atomic E-state index is 11.9. The fourth-order valence-corrected chi connectivity index (χ4v) is 6.23. The van der Waals surface area contributed by atoms with Crippen molar-refractivity contribution in [2.24, 2.45) is 41.4 Å². The van der Waals surface area contributed by atoms with E-state index in [2.05, 4.69) is 0 Å². The first-order valence-electron chi connectivity index (χ1n) is 7.35. The van der Waals surface area contributed by atoms with Crippen LogP contribution in [0.25, 0.3) is 0 Å². The first-order valence-corrected chi connectivity index (χ1v) is 7.35. The standard InChI is InChI=1S/C15H22O3/c1-17-12-6-8-5-11(12)14-7-3-9(13(8)14)10(4-7)15(16)18-2/h7-14H,3-6H2,1-2H3. The number of hydrogen-bond acceptors (Lipinski definition) is 3. The third-order valence-electron chi connectivity index (χ3n) is 6.56. The van der Waals surface area contributed by atoms with Gasteiger partial charge in [-0.05, 0) is 61.2 Å². The fourth-order valence-electron chi connectivity index (χ4n) is 6.23. The third-order valence-corrected chi connectivity index (χ3v) is 6.56. The van der Waals surface area contributed by atoms with Crippen LogP contribution in [-0.4, -0.2) is 26.3 Å². The van der Waals surface area contributed by atoms with Gasteiger partial charge < -0.3 is 9.47 Å². The van der Waals surface area contributed by atoms with E-state index in [4.69, 9.17) is 9.47 Å². The largest absolute Gasteiger partial charge is 0.469 e. The number of rotatable bonds is 2. The molecule has 0 aromatic rings.